The number of allylic oxidation sites excluding steroid dienone is 2. The summed E-state index contributed by atoms with van der Waals surface area (Å²) in [5.74, 6) is 0.0793. The van der Waals surface area contributed by atoms with Crippen molar-refractivity contribution in [3.05, 3.63) is 47.5 Å². The van der Waals surface area contributed by atoms with Gasteiger partial charge in [-0.15, -0.1) is 0 Å². The van der Waals surface area contributed by atoms with Crippen LogP contribution in [0.15, 0.2) is 36.4 Å². The Morgan fingerprint density at radius 2 is 2.00 bits per heavy atom. The van der Waals surface area contributed by atoms with E-state index in [0.717, 1.165) is 11.1 Å². The zero-order valence-corrected chi connectivity index (χ0v) is 7.37. The maximum absolute atomic E-state index is 11.4. The minimum absolute atomic E-state index is 0.0793. The number of carbonyl (C=O) groups is 1. The van der Waals surface area contributed by atoms with Crippen LogP contribution in [0.4, 0.5) is 0 Å². The summed E-state index contributed by atoms with van der Waals surface area (Å²) in [6.45, 7) is 3.78. The molecule has 0 radical (unpaired) electrons. The van der Waals surface area contributed by atoms with Gasteiger partial charge in [0.2, 0.25) is 0 Å². The summed E-state index contributed by atoms with van der Waals surface area (Å²) in [5, 5.41) is 0. The number of hydrogen-bond acceptors (Lipinski definition) is 1. The van der Waals surface area contributed by atoms with Gasteiger partial charge in [0.15, 0.2) is 5.78 Å². The number of aryl methyl sites for hydroxylation is 1. The van der Waals surface area contributed by atoms with Gasteiger partial charge in [-0.05, 0) is 25.5 Å². The van der Waals surface area contributed by atoms with Crippen LogP contribution in [0, 0.1) is 6.92 Å². The second-order valence-corrected chi connectivity index (χ2v) is 2.68. The third-order valence-electron chi connectivity index (χ3n) is 1.73. The third kappa shape index (κ3) is 1.82. The molecule has 0 bridgehead atoms. The van der Waals surface area contributed by atoms with Crippen LogP contribution in [-0.2, 0) is 0 Å². The largest absolute Gasteiger partial charge is 0.289 e. The predicted octanol–water partition coefficient (Wildman–Crippen LogP) is 2.75. The van der Waals surface area contributed by atoms with Crippen LogP contribution in [0.2, 0.25) is 0 Å². The molecule has 62 valence electrons. The standard InChI is InChI=1S/C11H12O/c1-3-6-11(12)10-8-5-4-7-9(10)2/h3-8H,1-2H3/b6-3+. The molecule has 1 nitrogen and oxygen atoms in total. The zero-order valence-electron chi connectivity index (χ0n) is 7.37. The Morgan fingerprint density at radius 1 is 1.33 bits per heavy atom. The van der Waals surface area contributed by atoms with Gasteiger partial charge in [0.25, 0.3) is 0 Å². The molecule has 0 spiro atoms. The molecule has 0 fully saturated rings. The molecule has 0 aliphatic carbocycles. The van der Waals surface area contributed by atoms with E-state index in [0.29, 0.717) is 0 Å². The highest BCUT2D eigenvalue weighted by molar-refractivity contribution is 6.05. The molecule has 1 rings (SSSR count). The Bertz CT molecular complexity index is 311. The maximum Gasteiger partial charge on any atom is 0.185 e. The maximum atomic E-state index is 11.4. The van der Waals surface area contributed by atoms with Gasteiger partial charge in [-0.1, -0.05) is 30.3 Å². The number of carbonyl (C=O) groups excluding carboxylic acids is 1. The van der Waals surface area contributed by atoms with Gasteiger partial charge in [0.05, 0.1) is 0 Å². The molecule has 0 saturated heterocycles. The highest BCUT2D eigenvalue weighted by Crippen LogP contribution is 2.07. The Morgan fingerprint density at radius 3 is 2.58 bits per heavy atom. The summed E-state index contributed by atoms with van der Waals surface area (Å²) in [6.07, 6.45) is 3.34. The number of rotatable bonds is 2. The molecule has 12 heavy (non-hydrogen) atoms. The molecule has 1 heteroatoms. The smallest absolute Gasteiger partial charge is 0.185 e. The van der Waals surface area contributed by atoms with Gasteiger partial charge in [-0.25, -0.2) is 0 Å². The molecule has 0 N–H and O–H groups in total. The number of benzene rings is 1. The molecule has 0 aliphatic rings. The fourth-order valence-electron chi connectivity index (χ4n) is 1.09. The van der Waals surface area contributed by atoms with Gasteiger partial charge in [0.1, 0.15) is 0 Å². The average molecular weight is 160 g/mol. The van der Waals surface area contributed by atoms with E-state index in [2.05, 4.69) is 0 Å². The third-order valence-corrected chi connectivity index (χ3v) is 1.73. The average Bonchev–Trinajstić information content (AvgIpc) is 2.05. The molecule has 0 aliphatic heterocycles. The molecule has 0 unspecified atom stereocenters. The molecule has 0 heterocycles. The van der Waals surface area contributed by atoms with E-state index >= 15 is 0 Å². The van der Waals surface area contributed by atoms with Crippen molar-refractivity contribution in [2.24, 2.45) is 0 Å². The minimum atomic E-state index is 0.0793. The molecule has 0 aromatic heterocycles. The van der Waals surface area contributed by atoms with Crippen LogP contribution >= 0.6 is 0 Å². The molecule has 0 atom stereocenters. The van der Waals surface area contributed by atoms with Crippen molar-refractivity contribution in [1.29, 1.82) is 0 Å². The van der Waals surface area contributed by atoms with E-state index in [1.54, 1.807) is 12.2 Å². The van der Waals surface area contributed by atoms with Crippen molar-refractivity contribution < 1.29 is 4.79 Å². The van der Waals surface area contributed by atoms with E-state index < -0.39 is 0 Å². The second-order valence-electron chi connectivity index (χ2n) is 2.68. The molecule has 0 amide bonds. The second kappa shape index (κ2) is 3.86. The zero-order chi connectivity index (χ0) is 8.97. The van der Waals surface area contributed by atoms with Crippen molar-refractivity contribution >= 4 is 5.78 Å². The topological polar surface area (TPSA) is 17.1 Å². The number of hydrogen-bond donors (Lipinski definition) is 0. The lowest BCUT2D eigenvalue weighted by atomic mass is 10.0. The van der Waals surface area contributed by atoms with Crippen LogP contribution < -0.4 is 0 Å². The normalized spacial score (nSPS) is 10.5. The summed E-state index contributed by atoms with van der Waals surface area (Å²) in [5.41, 5.74) is 1.82. The Kier molecular flexibility index (Phi) is 2.81. The summed E-state index contributed by atoms with van der Waals surface area (Å²) in [4.78, 5) is 11.4. The van der Waals surface area contributed by atoms with Crippen LogP contribution in [0.1, 0.15) is 22.8 Å². The monoisotopic (exact) mass is 160 g/mol. The van der Waals surface area contributed by atoms with Crippen LogP contribution in [0.5, 0.6) is 0 Å². The summed E-state index contributed by atoms with van der Waals surface area (Å²) in [7, 11) is 0. The van der Waals surface area contributed by atoms with Gasteiger partial charge >= 0.3 is 0 Å². The Labute approximate surface area is 72.7 Å². The molecular weight excluding hydrogens is 148 g/mol. The fourth-order valence-corrected chi connectivity index (χ4v) is 1.09. The first-order valence-electron chi connectivity index (χ1n) is 3.98. The van der Waals surface area contributed by atoms with Crippen LogP contribution in [-0.4, -0.2) is 5.78 Å². The first-order chi connectivity index (χ1) is 5.75. The quantitative estimate of drug-likeness (QED) is 0.480. The summed E-state index contributed by atoms with van der Waals surface area (Å²) < 4.78 is 0. The minimum Gasteiger partial charge on any atom is -0.289 e. The van der Waals surface area contributed by atoms with Crippen molar-refractivity contribution in [3.8, 4) is 0 Å². The molecular formula is C11H12O. The van der Waals surface area contributed by atoms with Crippen molar-refractivity contribution in [2.75, 3.05) is 0 Å². The molecule has 0 saturated carbocycles. The van der Waals surface area contributed by atoms with Crippen LogP contribution in [0.3, 0.4) is 0 Å². The van der Waals surface area contributed by atoms with E-state index in [4.69, 9.17) is 0 Å². The summed E-state index contributed by atoms with van der Waals surface area (Å²) in [6, 6.07) is 7.60. The van der Waals surface area contributed by atoms with Crippen molar-refractivity contribution in [1.82, 2.24) is 0 Å². The highest BCUT2D eigenvalue weighted by Gasteiger charge is 2.02. The Hall–Kier alpha value is -1.37. The first kappa shape index (κ1) is 8.72. The molecule has 1 aromatic carbocycles. The van der Waals surface area contributed by atoms with Gasteiger partial charge in [-0.3, -0.25) is 4.79 Å². The lowest BCUT2D eigenvalue weighted by Gasteiger charge is -1.99. The predicted molar refractivity (Wildman–Crippen MR) is 50.3 cm³/mol. The van der Waals surface area contributed by atoms with E-state index in [9.17, 15) is 4.79 Å². The summed E-state index contributed by atoms with van der Waals surface area (Å²) >= 11 is 0. The van der Waals surface area contributed by atoms with Crippen LogP contribution in [0.25, 0.3) is 0 Å². The van der Waals surface area contributed by atoms with E-state index in [-0.39, 0.29) is 5.78 Å². The lowest BCUT2D eigenvalue weighted by Crippen LogP contribution is -1.96. The van der Waals surface area contributed by atoms with Crippen molar-refractivity contribution in [2.45, 2.75) is 13.8 Å². The Balaban J connectivity index is 3.03. The fraction of sp³-hybridized carbons (Fsp3) is 0.182. The molecule has 1 aromatic rings. The lowest BCUT2D eigenvalue weighted by molar-refractivity contribution is 0.104. The highest BCUT2D eigenvalue weighted by atomic mass is 16.1. The van der Waals surface area contributed by atoms with Gasteiger partial charge < -0.3 is 0 Å². The van der Waals surface area contributed by atoms with Gasteiger partial charge in [0, 0.05) is 5.56 Å². The van der Waals surface area contributed by atoms with E-state index in [1.165, 1.54) is 0 Å². The van der Waals surface area contributed by atoms with E-state index in [1.807, 2.05) is 38.1 Å². The van der Waals surface area contributed by atoms with Crippen molar-refractivity contribution in [3.63, 3.8) is 0 Å². The van der Waals surface area contributed by atoms with Gasteiger partial charge in [-0.2, -0.15) is 0 Å². The number of ketones is 1. The first-order valence-corrected chi connectivity index (χ1v) is 3.98. The SMILES string of the molecule is C/C=C/C(=O)c1ccccc1C.